The molecule has 0 radical (unpaired) electrons. The number of nitrogens with one attached hydrogen (secondary N) is 2. The van der Waals surface area contributed by atoms with Crippen molar-refractivity contribution in [2.45, 2.75) is 19.8 Å². The van der Waals surface area contributed by atoms with Crippen LogP contribution in [-0.2, 0) is 11.2 Å². The van der Waals surface area contributed by atoms with Crippen molar-refractivity contribution in [2.24, 2.45) is 0 Å². The predicted octanol–water partition coefficient (Wildman–Crippen LogP) is 1.60. The summed E-state index contributed by atoms with van der Waals surface area (Å²) in [5.41, 5.74) is 2.00. The first-order valence-electron chi connectivity index (χ1n) is 6.84. The second-order valence-corrected chi connectivity index (χ2v) is 4.45. The lowest BCUT2D eigenvalue weighted by molar-refractivity contribution is 0.0953. The fraction of sp³-hybridized carbons (Fsp3) is 0.533. The Hall–Kier alpha value is -1.39. The summed E-state index contributed by atoms with van der Waals surface area (Å²) >= 11 is 0. The minimum absolute atomic E-state index is 0.0170. The van der Waals surface area contributed by atoms with Gasteiger partial charge in [-0.15, -0.1) is 0 Å². The van der Waals surface area contributed by atoms with Crippen LogP contribution in [0.25, 0.3) is 0 Å². The molecule has 0 saturated carbocycles. The summed E-state index contributed by atoms with van der Waals surface area (Å²) in [5, 5.41) is 6.06. The normalized spacial score (nSPS) is 10.4. The Balaban J connectivity index is 2.25. The Kier molecular flexibility index (Phi) is 7.86. The van der Waals surface area contributed by atoms with E-state index in [4.69, 9.17) is 4.74 Å². The smallest absolute Gasteiger partial charge is 0.251 e. The van der Waals surface area contributed by atoms with Crippen LogP contribution in [0.3, 0.4) is 0 Å². The Labute approximate surface area is 115 Å². The Morgan fingerprint density at radius 2 is 1.89 bits per heavy atom. The molecule has 4 nitrogen and oxygen atoms in total. The maximum absolute atomic E-state index is 11.8. The number of amides is 1. The average Bonchev–Trinajstić information content (AvgIpc) is 2.43. The van der Waals surface area contributed by atoms with E-state index >= 15 is 0 Å². The molecular formula is C15H24N2O2. The van der Waals surface area contributed by atoms with Crippen molar-refractivity contribution in [2.75, 3.05) is 33.4 Å². The summed E-state index contributed by atoms with van der Waals surface area (Å²) in [7, 11) is 1.67. The highest BCUT2D eigenvalue weighted by Crippen LogP contribution is 2.06. The van der Waals surface area contributed by atoms with Gasteiger partial charge in [-0.1, -0.05) is 25.5 Å². The highest BCUT2D eigenvalue weighted by atomic mass is 16.5. The fourth-order valence-corrected chi connectivity index (χ4v) is 1.78. The zero-order chi connectivity index (χ0) is 13.9. The molecule has 0 aliphatic carbocycles. The summed E-state index contributed by atoms with van der Waals surface area (Å²) in [5.74, 6) is -0.0170. The van der Waals surface area contributed by atoms with Crippen LogP contribution in [-0.4, -0.2) is 39.3 Å². The van der Waals surface area contributed by atoms with Gasteiger partial charge in [0, 0.05) is 32.3 Å². The molecule has 0 unspecified atom stereocenters. The van der Waals surface area contributed by atoms with E-state index in [1.807, 2.05) is 24.3 Å². The lowest BCUT2D eigenvalue weighted by Crippen LogP contribution is -2.33. The molecule has 4 heteroatoms. The van der Waals surface area contributed by atoms with Gasteiger partial charge in [-0.2, -0.15) is 0 Å². The Morgan fingerprint density at radius 3 is 2.53 bits per heavy atom. The van der Waals surface area contributed by atoms with E-state index in [0.29, 0.717) is 13.2 Å². The van der Waals surface area contributed by atoms with Gasteiger partial charge in [-0.25, -0.2) is 0 Å². The van der Waals surface area contributed by atoms with Crippen LogP contribution in [0.2, 0.25) is 0 Å². The molecule has 19 heavy (non-hydrogen) atoms. The molecule has 0 fully saturated rings. The van der Waals surface area contributed by atoms with Crippen LogP contribution < -0.4 is 10.6 Å². The molecule has 1 rings (SSSR count). The molecule has 0 spiro atoms. The van der Waals surface area contributed by atoms with Gasteiger partial charge < -0.3 is 15.4 Å². The molecule has 0 aliphatic rings. The molecule has 0 aromatic heterocycles. The molecule has 0 aliphatic heterocycles. The summed E-state index contributed by atoms with van der Waals surface area (Å²) in [6.07, 6.45) is 2.18. The van der Waals surface area contributed by atoms with Crippen molar-refractivity contribution in [3.63, 3.8) is 0 Å². The van der Waals surface area contributed by atoms with Crippen molar-refractivity contribution in [1.82, 2.24) is 10.6 Å². The van der Waals surface area contributed by atoms with Gasteiger partial charge in [0.15, 0.2) is 0 Å². The maximum atomic E-state index is 11.8. The van der Waals surface area contributed by atoms with E-state index in [9.17, 15) is 4.79 Å². The lowest BCUT2D eigenvalue weighted by Gasteiger charge is -2.07. The number of methoxy groups -OCH3 is 1. The van der Waals surface area contributed by atoms with E-state index < -0.39 is 0 Å². The fourth-order valence-electron chi connectivity index (χ4n) is 1.78. The average molecular weight is 264 g/mol. The first-order valence-corrected chi connectivity index (χ1v) is 6.84. The summed E-state index contributed by atoms with van der Waals surface area (Å²) in [4.78, 5) is 11.8. The monoisotopic (exact) mass is 264 g/mol. The van der Waals surface area contributed by atoms with Crippen LogP contribution in [0.4, 0.5) is 0 Å². The minimum atomic E-state index is -0.0170. The molecule has 0 atom stereocenters. The lowest BCUT2D eigenvalue weighted by atomic mass is 10.1. The zero-order valence-electron chi connectivity index (χ0n) is 11.9. The van der Waals surface area contributed by atoms with E-state index in [2.05, 4.69) is 17.6 Å². The number of hydrogen-bond donors (Lipinski definition) is 2. The van der Waals surface area contributed by atoms with Crippen molar-refractivity contribution in [1.29, 1.82) is 0 Å². The topological polar surface area (TPSA) is 50.4 Å². The van der Waals surface area contributed by atoms with Crippen LogP contribution in [0.15, 0.2) is 24.3 Å². The molecule has 0 bridgehead atoms. The van der Waals surface area contributed by atoms with Crippen LogP contribution >= 0.6 is 0 Å². The molecule has 1 amide bonds. The number of aryl methyl sites for hydroxylation is 1. The zero-order valence-corrected chi connectivity index (χ0v) is 11.9. The number of ether oxygens (including phenoxy) is 1. The second-order valence-electron chi connectivity index (χ2n) is 4.45. The van der Waals surface area contributed by atoms with E-state index in [1.54, 1.807) is 7.11 Å². The molecule has 1 aromatic rings. The van der Waals surface area contributed by atoms with Crippen LogP contribution in [0.5, 0.6) is 0 Å². The van der Waals surface area contributed by atoms with Gasteiger partial charge in [0.05, 0.1) is 6.61 Å². The van der Waals surface area contributed by atoms with Gasteiger partial charge in [-0.3, -0.25) is 4.79 Å². The van der Waals surface area contributed by atoms with Crippen LogP contribution in [0.1, 0.15) is 29.3 Å². The number of carbonyl (C=O) groups is 1. The first-order chi connectivity index (χ1) is 9.27. The Morgan fingerprint density at radius 1 is 1.16 bits per heavy atom. The minimum Gasteiger partial charge on any atom is -0.383 e. The molecule has 0 saturated heterocycles. The second kappa shape index (κ2) is 9.53. The van der Waals surface area contributed by atoms with Gasteiger partial charge in [0.1, 0.15) is 0 Å². The highest BCUT2D eigenvalue weighted by molar-refractivity contribution is 5.94. The molecular weight excluding hydrogens is 240 g/mol. The third-order valence-corrected chi connectivity index (χ3v) is 2.83. The summed E-state index contributed by atoms with van der Waals surface area (Å²) < 4.78 is 4.92. The largest absolute Gasteiger partial charge is 0.383 e. The van der Waals surface area contributed by atoms with Gasteiger partial charge in [0.2, 0.25) is 0 Å². The molecule has 106 valence electrons. The third kappa shape index (κ3) is 6.36. The molecule has 2 N–H and O–H groups in total. The Bertz CT molecular complexity index is 363. The van der Waals surface area contributed by atoms with Crippen LogP contribution in [0, 0.1) is 0 Å². The first kappa shape index (κ1) is 15.7. The number of carbonyl (C=O) groups excluding carboxylic acids is 1. The van der Waals surface area contributed by atoms with E-state index in [1.165, 1.54) is 5.56 Å². The van der Waals surface area contributed by atoms with Gasteiger partial charge in [0.25, 0.3) is 5.91 Å². The number of hydrogen-bond acceptors (Lipinski definition) is 3. The standard InChI is InChI=1S/C15H24N2O2/c1-3-4-13-5-7-14(8-6-13)15(18)17-10-9-16-11-12-19-2/h5-8,16H,3-4,9-12H2,1-2H3,(H,17,18). The van der Waals surface area contributed by atoms with Crippen molar-refractivity contribution >= 4 is 5.91 Å². The number of rotatable bonds is 9. The molecule has 1 aromatic carbocycles. The van der Waals surface area contributed by atoms with Crippen molar-refractivity contribution < 1.29 is 9.53 Å². The molecule has 0 heterocycles. The van der Waals surface area contributed by atoms with Crippen molar-refractivity contribution in [3.05, 3.63) is 35.4 Å². The summed E-state index contributed by atoms with van der Waals surface area (Å²) in [6.45, 7) is 5.02. The highest BCUT2D eigenvalue weighted by Gasteiger charge is 2.03. The van der Waals surface area contributed by atoms with Gasteiger partial charge >= 0.3 is 0 Å². The predicted molar refractivity (Wildman–Crippen MR) is 77.5 cm³/mol. The maximum Gasteiger partial charge on any atom is 0.251 e. The van der Waals surface area contributed by atoms with Crippen molar-refractivity contribution in [3.8, 4) is 0 Å². The number of benzene rings is 1. The SMILES string of the molecule is CCCc1ccc(C(=O)NCCNCCOC)cc1. The van der Waals surface area contributed by atoms with Gasteiger partial charge in [-0.05, 0) is 24.1 Å². The van der Waals surface area contributed by atoms with E-state index in [-0.39, 0.29) is 5.91 Å². The third-order valence-electron chi connectivity index (χ3n) is 2.83. The quantitative estimate of drug-likeness (QED) is 0.666. The van der Waals surface area contributed by atoms with E-state index in [0.717, 1.165) is 31.5 Å². The summed E-state index contributed by atoms with van der Waals surface area (Å²) in [6, 6.07) is 7.82.